The third-order valence-electron chi connectivity index (χ3n) is 3.66. The number of rotatable bonds is 4. The van der Waals surface area contributed by atoms with E-state index in [0.29, 0.717) is 18.3 Å². The number of carbonyl (C=O) groups is 1. The Hall–Kier alpha value is -1.81. The van der Waals surface area contributed by atoms with Crippen LogP contribution in [0.4, 0.5) is 5.69 Å². The van der Waals surface area contributed by atoms with Crippen molar-refractivity contribution < 1.29 is 4.79 Å². The molecule has 3 rings (SSSR count). The highest BCUT2D eigenvalue weighted by molar-refractivity contribution is 7.07. The number of anilines is 1. The first-order chi connectivity index (χ1) is 9.65. The Kier molecular flexibility index (Phi) is 3.49. The summed E-state index contributed by atoms with van der Waals surface area (Å²) in [7, 11) is 0. The van der Waals surface area contributed by atoms with E-state index >= 15 is 0 Å². The van der Waals surface area contributed by atoms with Crippen LogP contribution in [-0.4, -0.2) is 16.8 Å². The minimum atomic E-state index is 0.121. The van der Waals surface area contributed by atoms with E-state index in [-0.39, 0.29) is 5.91 Å². The van der Waals surface area contributed by atoms with Gasteiger partial charge in [0.15, 0.2) is 0 Å². The summed E-state index contributed by atoms with van der Waals surface area (Å²) in [5.41, 5.74) is 9.39. The summed E-state index contributed by atoms with van der Waals surface area (Å²) >= 11 is 1.67. The highest BCUT2D eigenvalue weighted by Crippen LogP contribution is 2.31. The number of hydrogen-bond acceptors (Lipinski definition) is 3. The lowest BCUT2D eigenvalue weighted by atomic mass is 10.1. The molecule has 2 aromatic rings. The standard InChI is InChI=1S/C16H18N2OS/c1-11-8-13(17)2-5-15(11)16(19)18(14-3-4-14)9-12-6-7-20-10-12/h2,5-8,10,14H,3-4,9,17H2,1H3. The predicted octanol–water partition coefficient (Wildman–Crippen LogP) is 3.44. The first kappa shape index (κ1) is 13.2. The maximum Gasteiger partial charge on any atom is 0.254 e. The van der Waals surface area contributed by atoms with Crippen molar-refractivity contribution >= 4 is 22.9 Å². The minimum Gasteiger partial charge on any atom is -0.399 e. The lowest BCUT2D eigenvalue weighted by Gasteiger charge is -2.23. The number of nitrogen functional groups attached to an aromatic ring is 1. The summed E-state index contributed by atoms with van der Waals surface area (Å²) in [6.07, 6.45) is 2.23. The number of thiophene rings is 1. The Labute approximate surface area is 123 Å². The van der Waals surface area contributed by atoms with Gasteiger partial charge in [0.2, 0.25) is 0 Å². The van der Waals surface area contributed by atoms with Crippen LogP contribution in [0.3, 0.4) is 0 Å². The van der Waals surface area contributed by atoms with Crippen LogP contribution in [0.5, 0.6) is 0 Å². The average molecular weight is 286 g/mol. The molecule has 1 aromatic heterocycles. The number of carbonyl (C=O) groups excluding carboxylic acids is 1. The number of aryl methyl sites for hydroxylation is 1. The van der Waals surface area contributed by atoms with Gasteiger partial charge in [-0.2, -0.15) is 11.3 Å². The fourth-order valence-electron chi connectivity index (χ4n) is 2.41. The highest BCUT2D eigenvalue weighted by atomic mass is 32.1. The number of nitrogens with zero attached hydrogens (tertiary/aromatic N) is 1. The Balaban J connectivity index is 1.85. The van der Waals surface area contributed by atoms with E-state index in [2.05, 4.69) is 16.8 Å². The lowest BCUT2D eigenvalue weighted by molar-refractivity contribution is 0.0729. The molecule has 0 atom stereocenters. The molecule has 0 spiro atoms. The molecule has 104 valence electrons. The highest BCUT2D eigenvalue weighted by Gasteiger charge is 2.33. The van der Waals surface area contributed by atoms with Crippen LogP contribution in [0.25, 0.3) is 0 Å². The molecule has 0 radical (unpaired) electrons. The van der Waals surface area contributed by atoms with Gasteiger partial charge in [-0.05, 0) is 65.9 Å². The molecule has 0 aliphatic heterocycles. The van der Waals surface area contributed by atoms with Gasteiger partial charge in [0.1, 0.15) is 0 Å². The second kappa shape index (κ2) is 5.29. The fraction of sp³-hybridized carbons (Fsp3) is 0.312. The molecule has 1 heterocycles. The van der Waals surface area contributed by atoms with E-state index in [1.165, 1.54) is 5.56 Å². The Morgan fingerprint density at radius 3 is 2.80 bits per heavy atom. The number of benzene rings is 1. The summed E-state index contributed by atoms with van der Waals surface area (Å²) in [6.45, 7) is 2.65. The van der Waals surface area contributed by atoms with Crippen LogP contribution in [0.15, 0.2) is 35.0 Å². The lowest BCUT2D eigenvalue weighted by Crippen LogP contribution is -2.32. The molecule has 1 amide bonds. The van der Waals surface area contributed by atoms with Crippen LogP contribution in [-0.2, 0) is 6.54 Å². The monoisotopic (exact) mass is 286 g/mol. The zero-order chi connectivity index (χ0) is 14.1. The number of hydrogen-bond donors (Lipinski definition) is 1. The Morgan fingerprint density at radius 2 is 2.20 bits per heavy atom. The third kappa shape index (κ3) is 2.70. The van der Waals surface area contributed by atoms with Crippen molar-refractivity contribution in [1.82, 2.24) is 4.90 Å². The Morgan fingerprint density at radius 1 is 1.40 bits per heavy atom. The molecule has 3 nitrogen and oxygen atoms in total. The van der Waals surface area contributed by atoms with E-state index in [4.69, 9.17) is 5.73 Å². The molecule has 0 saturated heterocycles. The smallest absolute Gasteiger partial charge is 0.254 e. The largest absolute Gasteiger partial charge is 0.399 e. The molecule has 2 N–H and O–H groups in total. The fourth-order valence-corrected chi connectivity index (χ4v) is 3.07. The quantitative estimate of drug-likeness (QED) is 0.875. The molecular formula is C16H18N2OS. The average Bonchev–Trinajstić information content (AvgIpc) is 3.12. The predicted molar refractivity (Wildman–Crippen MR) is 82.8 cm³/mol. The normalized spacial score (nSPS) is 14.2. The van der Waals surface area contributed by atoms with Crippen molar-refractivity contribution in [2.24, 2.45) is 0 Å². The summed E-state index contributed by atoms with van der Waals surface area (Å²) < 4.78 is 0. The SMILES string of the molecule is Cc1cc(N)ccc1C(=O)N(Cc1ccsc1)C1CC1. The molecule has 4 heteroatoms. The van der Waals surface area contributed by atoms with Gasteiger partial charge in [0.25, 0.3) is 5.91 Å². The van der Waals surface area contributed by atoms with Crippen molar-refractivity contribution in [3.63, 3.8) is 0 Å². The van der Waals surface area contributed by atoms with E-state index in [1.54, 1.807) is 17.4 Å². The van der Waals surface area contributed by atoms with Crippen LogP contribution in [0.1, 0.15) is 34.3 Å². The van der Waals surface area contributed by atoms with Crippen molar-refractivity contribution in [2.75, 3.05) is 5.73 Å². The van der Waals surface area contributed by atoms with Gasteiger partial charge in [0, 0.05) is 23.8 Å². The van der Waals surface area contributed by atoms with Gasteiger partial charge < -0.3 is 10.6 Å². The molecule has 1 aliphatic carbocycles. The second-order valence-corrected chi connectivity index (χ2v) is 6.15. The third-order valence-corrected chi connectivity index (χ3v) is 4.39. The van der Waals surface area contributed by atoms with Crippen molar-refractivity contribution in [3.8, 4) is 0 Å². The van der Waals surface area contributed by atoms with E-state index in [1.807, 2.05) is 24.0 Å². The van der Waals surface area contributed by atoms with Gasteiger partial charge >= 0.3 is 0 Å². The summed E-state index contributed by atoms with van der Waals surface area (Å²) in [6, 6.07) is 8.00. The Bertz CT molecular complexity index is 617. The zero-order valence-electron chi connectivity index (χ0n) is 11.5. The summed E-state index contributed by atoms with van der Waals surface area (Å²) in [5, 5.41) is 4.16. The van der Waals surface area contributed by atoms with Crippen molar-refractivity contribution in [1.29, 1.82) is 0 Å². The second-order valence-electron chi connectivity index (χ2n) is 5.37. The topological polar surface area (TPSA) is 46.3 Å². The molecule has 1 aromatic carbocycles. The van der Waals surface area contributed by atoms with Gasteiger partial charge in [-0.15, -0.1) is 0 Å². The van der Waals surface area contributed by atoms with Crippen molar-refractivity contribution in [3.05, 3.63) is 51.7 Å². The molecule has 1 aliphatic rings. The number of nitrogens with two attached hydrogens (primary N) is 1. The molecule has 0 bridgehead atoms. The van der Waals surface area contributed by atoms with Crippen LogP contribution >= 0.6 is 11.3 Å². The molecule has 1 saturated carbocycles. The zero-order valence-corrected chi connectivity index (χ0v) is 12.3. The van der Waals surface area contributed by atoms with Gasteiger partial charge in [-0.1, -0.05) is 0 Å². The van der Waals surface area contributed by atoms with Gasteiger partial charge in [0.05, 0.1) is 0 Å². The van der Waals surface area contributed by atoms with Crippen molar-refractivity contribution in [2.45, 2.75) is 32.4 Å². The maximum absolute atomic E-state index is 12.8. The van der Waals surface area contributed by atoms with Crippen LogP contribution in [0, 0.1) is 6.92 Å². The molecule has 1 fully saturated rings. The first-order valence-electron chi connectivity index (χ1n) is 6.83. The van der Waals surface area contributed by atoms with E-state index in [0.717, 1.165) is 24.0 Å². The van der Waals surface area contributed by atoms with Crippen LogP contribution in [0.2, 0.25) is 0 Å². The summed E-state index contributed by atoms with van der Waals surface area (Å²) in [5.74, 6) is 0.121. The first-order valence-corrected chi connectivity index (χ1v) is 7.77. The van der Waals surface area contributed by atoms with E-state index < -0.39 is 0 Å². The van der Waals surface area contributed by atoms with Gasteiger partial charge in [-0.3, -0.25) is 4.79 Å². The van der Waals surface area contributed by atoms with E-state index in [9.17, 15) is 4.79 Å². The van der Waals surface area contributed by atoms with Crippen LogP contribution < -0.4 is 5.73 Å². The minimum absolute atomic E-state index is 0.121. The van der Waals surface area contributed by atoms with Gasteiger partial charge in [-0.25, -0.2) is 0 Å². The molecular weight excluding hydrogens is 268 g/mol. The summed E-state index contributed by atoms with van der Waals surface area (Å²) in [4.78, 5) is 14.8. The number of amides is 1. The maximum atomic E-state index is 12.8. The molecule has 0 unspecified atom stereocenters. The molecule has 20 heavy (non-hydrogen) atoms.